The van der Waals surface area contributed by atoms with Crippen LogP contribution in [0.1, 0.15) is 47.1 Å². The zero-order valence-corrected chi connectivity index (χ0v) is 27.9. The predicted octanol–water partition coefficient (Wildman–Crippen LogP) is 3.00. The number of nitrogens with zero attached hydrogens (tertiary/aromatic N) is 1. The van der Waals surface area contributed by atoms with Gasteiger partial charge in [0.15, 0.2) is 23.0 Å². The summed E-state index contributed by atoms with van der Waals surface area (Å²) in [7, 11) is 2.85. The summed E-state index contributed by atoms with van der Waals surface area (Å²) in [5.41, 5.74) is 2.76. The van der Waals surface area contributed by atoms with Gasteiger partial charge in [0.1, 0.15) is 6.04 Å². The molecule has 4 saturated heterocycles. The lowest BCUT2D eigenvalue weighted by molar-refractivity contribution is -0.150. The lowest BCUT2D eigenvalue weighted by atomic mass is 9.65. The summed E-state index contributed by atoms with van der Waals surface area (Å²) < 4.78 is 34.1. The highest BCUT2D eigenvalue weighted by atomic mass is 16.7. The number of aromatic hydroxyl groups is 1. The first-order valence-electron chi connectivity index (χ1n) is 17.2. The number of esters is 1. The summed E-state index contributed by atoms with van der Waals surface area (Å²) in [6.45, 7) is 0.0169. The number of amides is 3. The highest BCUT2D eigenvalue weighted by Gasteiger charge is 2.64. The number of benzene rings is 3. The number of carbonyl (C=O) groups excluding carboxylic acids is 4. The molecule has 0 saturated carbocycles. The van der Waals surface area contributed by atoms with Crippen molar-refractivity contribution in [1.82, 2.24) is 10.2 Å². The molecule has 2 bridgehead atoms. The van der Waals surface area contributed by atoms with Gasteiger partial charge in [-0.3, -0.25) is 24.1 Å². The first-order valence-corrected chi connectivity index (χ1v) is 17.2. The molecule has 13 nitrogen and oxygen atoms in total. The maximum atomic E-state index is 14.7. The molecule has 6 aliphatic rings. The largest absolute Gasteiger partial charge is 0.502 e. The number of imide groups is 1. The summed E-state index contributed by atoms with van der Waals surface area (Å²) in [6, 6.07) is 14.3. The van der Waals surface area contributed by atoms with Gasteiger partial charge < -0.3 is 38.8 Å². The Morgan fingerprint density at radius 3 is 2.14 bits per heavy atom. The third kappa shape index (κ3) is 4.77. The highest BCUT2D eigenvalue weighted by Crippen LogP contribution is 2.56. The second-order valence-corrected chi connectivity index (χ2v) is 14.0. The molecule has 0 spiro atoms. The van der Waals surface area contributed by atoms with Gasteiger partial charge in [0.05, 0.1) is 56.8 Å². The molecule has 5 aliphatic heterocycles. The molecular formula is C38H36N2O11. The molecule has 0 radical (unpaired) electrons. The van der Waals surface area contributed by atoms with E-state index in [1.54, 1.807) is 24.3 Å². The molecule has 5 heterocycles. The van der Waals surface area contributed by atoms with Crippen LogP contribution < -0.4 is 24.3 Å². The molecule has 0 aromatic heterocycles. The first kappa shape index (κ1) is 31.7. The molecule has 51 heavy (non-hydrogen) atoms. The quantitative estimate of drug-likeness (QED) is 0.264. The summed E-state index contributed by atoms with van der Waals surface area (Å²) in [4.78, 5) is 57.6. The third-order valence-electron chi connectivity index (χ3n) is 11.6. The van der Waals surface area contributed by atoms with Crippen molar-refractivity contribution >= 4 is 23.7 Å². The number of hydrogen-bond donors (Lipinski definition) is 2. The van der Waals surface area contributed by atoms with Crippen molar-refractivity contribution in [2.75, 3.05) is 27.6 Å². The van der Waals surface area contributed by atoms with Crippen LogP contribution in [0.2, 0.25) is 0 Å². The fraction of sp³-hybridized carbons (Fsp3) is 0.421. The average molecular weight is 697 g/mol. The van der Waals surface area contributed by atoms with Gasteiger partial charge in [0, 0.05) is 18.3 Å². The number of likely N-dealkylation sites (tertiary alicyclic amines) is 1. The Morgan fingerprint density at radius 2 is 1.51 bits per heavy atom. The van der Waals surface area contributed by atoms with E-state index in [-0.39, 0.29) is 61.1 Å². The highest BCUT2D eigenvalue weighted by molar-refractivity contribution is 6.09. The van der Waals surface area contributed by atoms with E-state index in [9.17, 15) is 24.3 Å². The topological polar surface area (TPSA) is 159 Å². The predicted molar refractivity (Wildman–Crippen MR) is 175 cm³/mol. The Morgan fingerprint density at radius 1 is 0.882 bits per heavy atom. The van der Waals surface area contributed by atoms with E-state index in [1.165, 1.54) is 19.1 Å². The third-order valence-corrected chi connectivity index (χ3v) is 11.6. The fourth-order valence-corrected chi connectivity index (χ4v) is 9.27. The molecule has 3 aromatic rings. The molecule has 264 valence electrons. The Hall–Kier alpha value is -5.30. The lowest BCUT2D eigenvalue weighted by Gasteiger charge is -2.40. The zero-order valence-electron chi connectivity index (χ0n) is 27.9. The number of hydrogen-bond acceptors (Lipinski definition) is 11. The van der Waals surface area contributed by atoms with Gasteiger partial charge in [-0.25, -0.2) is 0 Å². The van der Waals surface area contributed by atoms with E-state index in [1.807, 2.05) is 30.3 Å². The minimum absolute atomic E-state index is 0.00203. The minimum atomic E-state index is -1.14. The molecule has 4 unspecified atom stereocenters. The number of carbonyl (C=O) groups is 4. The normalized spacial score (nSPS) is 30.1. The number of ether oxygens (including phenoxy) is 6. The standard InChI is InChI=1S/C38H36N2O11/c1-46-27-11-18(12-28(47-2)34(27)41)29-19-13-25-26(50-16-49-25)14-20(19)33(21-15-48-38(45)30(21)29)39-35(42)22(10-17-6-4-3-5-7-17)40-36(43)31-23-8-9-24(51-23)32(31)37(40)44/h3-7,11-14,21-24,29-33,41H,8-10,15-16H2,1-2H3,(H,39,42)/t21-,22-,23?,24?,29+,30-,31?,32?,33+/m0/s1. The van der Waals surface area contributed by atoms with E-state index in [0.29, 0.717) is 41.0 Å². The van der Waals surface area contributed by atoms with Crippen LogP contribution in [0.5, 0.6) is 28.7 Å². The number of fused-ring (bicyclic) bond motifs is 8. The van der Waals surface area contributed by atoms with Crippen LogP contribution in [-0.2, 0) is 35.1 Å². The fourth-order valence-electron chi connectivity index (χ4n) is 9.27. The van der Waals surface area contributed by atoms with E-state index in [0.717, 1.165) is 5.56 Å². The Bertz CT molecular complexity index is 1910. The first-order chi connectivity index (χ1) is 24.8. The van der Waals surface area contributed by atoms with Crippen LogP contribution in [0.3, 0.4) is 0 Å². The molecule has 1 aliphatic carbocycles. The van der Waals surface area contributed by atoms with Gasteiger partial charge >= 0.3 is 5.97 Å². The SMILES string of the molecule is COc1cc([C@@H]2c3cc4c(cc3[C@@H](NC(=O)[C@H](Cc3ccccc3)N3C(=O)C5C6CCC(O6)C5C3=O)[C@H]3COC(=O)[C@H]23)OCO4)cc(OC)c1O. The molecule has 9 atom stereocenters. The van der Waals surface area contributed by atoms with Crippen LogP contribution in [0.4, 0.5) is 0 Å². The minimum Gasteiger partial charge on any atom is -0.502 e. The van der Waals surface area contributed by atoms with Gasteiger partial charge in [-0.15, -0.1) is 0 Å². The maximum Gasteiger partial charge on any atom is 0.310 e. The van der Waals surface area contributed by atoms with Crippen molar-refractivity contribution in [3.05, 3.63) is 76.9 Å². The molecule has 3 aromatic carbocycles. The molecular weight excluding hydrogens is 660 g/mol. The molecule has 9 rings (SSSR count). The van der Waals surface area contributed by atoms with Crippen LogP contribution in [0, 0.1) is 23.7 Å². The van der Waals surface area contributed by atoms with Gasteiger partial charge in [-0.05, 0) is 59.4 Å². The summed E-state index contributed by atoms with van der Waals surface area (Å²) >= 11 is 0. The van der Waals surface area contributed by atoms with Crippen molar-refractivity contribution in [2.45, 2.75) is 49.5 Å². The van der Waals surface area contributed by atoms with E-state index in [4.69, 9.17) is 28.4 Å². The van der Waals surface area contributed by atoms with E-state index in [2.05, 4.69) is 5.32 Å². The van der Waals surface area contributed by atoms with E-state index >= 15 is 0 Å². The van der Waals surface area contributed by atoms with Crippen LogP contribution >= 0.6 is 0 Å². The molecule has 2 N–H and O–H groups in total. The molecule has 3 amide bonds. The summed E-state index contributed by atoms with van der Waals surface area (Å²) in [6.07, 6.45) is 0.876. The average Bonchev–Trinajstić information content (AvgIpc) is 3.98. The van der Waals surface area contributed by atoms with Crippen molar-refractivity contribution in [3.8, 4) is 28.7 Å². The number of phenols is 1. The van der Waals surface area contributed by atoms with Gasteiger partial charge in [-0.2, -0.15) is 0 Å². The lowest BCUT2D eigenvalue weighted by Crippen LogP contribution is -2.54. The number of rotatable bonds is 8. The van der Waals surface area contributed by atoms with Crippen LogP contribution in [0.25, 0.3) is 0 Å². The summed E-state index contributed by atoms with van der Waals surface area (Å²) in [5.74, 6) is -3.74. The van der Waals surface area contributed by atoms with Gasteiger partial charge in [0.2, 0.25) is 30.3 Å². The molecule has 4 fully saturated rings. The Labute approximate surface area is 292 Å². The monoisotopic (exact) mass is 696 g/mol. The number of cyclic esters (lactones) is 1. The zero-order chi connectivity index (χ0) is 35.1. The second kappa shape index (κ2) is 11.9. The summed E-state index contributed by atoms with van der Waals surface area (Å²) in [5, 5.41) is 13.9. The van der Waals surface area contributed by atoms with Crippen molar-refractivity contribution in [3.63, 3.8) is 0 Å². The maximum absolute atomic E-state index is 14.7. The number of nitrogens with one attached hydrogen (secondary N) is 1. The van der Waals surface area contributed by atoms with Gasteiger partial charge in [0.25, 0.3) is 0 Å². The van der Waals surface area contributed by atoms with E-state index < -0.39 is 53.5 Å². The number of methoxy groups -OCH3 is 2. The van der Waals surface area contributed by atoms with Crippen molar-refractivity contribution < 1.29 is 52.7 Å². The smallest absolute Gasteiger partial charge is 0.310 e. The Balaban J connectivity index is 1.13. The number of phenolic OH excluding ortho intramolecular Hbond substituents is 1. The van der Waals surface area contributed by atoms with Crippen molar-refractivity contribution in [1.29, 1.82) is 0 Å². The van der Waals surface area contributed by atoms with Crippen molar-refractivity contribution in [2.24, 2.45) is 23.7 Å². The van der Waals surface area contributed by atoms with Crippen LogP contribution in [-0.4, -0.2) is 79.6 Å². The second-order valence-electron chi connectivity index (χ2n) is 14.0. The molecule has 13 heteroatoms. The van der Waals surface area contributed by atoms with Gasteiger partial charge in [-0.1, -0.05) is 30.3 Å². The Kier molecular flexibility index (Phi) is 7.39. The van der Waals surface area contributed by atoms with Crippen LogP contribution in [0.15, 0.2) is 54.6 Å².